The van der Waals surface area contributed by atoms with Crippen LogP contribution in [0.15, 0.2) is 30.3 Å². The zero-order chi connectivity index (χ0) is 9.52. The van der Waals surface area contributed by atoms with E-state index in [0.717, 1.165) is 11.9 Å². The van der Waals surface area contributed by atoms with E-state index in [-0.39, 0.29) is 0 Å². The van der Waals surface area contributed by atoms with Crippen molar-refractivity contribution in [2.75, 3.05) is 25.7 Å². The fraction of sp³-hybridized carbons (Fsp3) is 0.333. The summed E-state index contributed by atoms with van der Waals surface area (Å²) in [5.74, 6) is 0. The molecule has 1 radical (unpaired) electrons. The van der Waals surface area contributed by atoms with E-state index in [0.29, 0.717) is 0 Å². The van der Waals surface area contributed by atoms with E-state index in [4.69, 9.17) is 8.85 Å². The van der Waals surface area contributed by atoms with Crippen molar-refractivity contribution in [1.29, 1.82) is 0 Å². The van der Waals surface area contributed by atoms with Gasteiger partial charge in [-0.25, -0.2) is 0 Å². The summed E-state index contributed by atoms with van der Waals surface area (Å²) in [6.45, 7) is 0. The summed E-state index contributed by atoms with van der Waals surface area (Å²) >= 11 is 0. The quantitative estimate of drug-likeness (QED) is 0.722. The number of hydrogen-bond donors (Lipinski definition) is 1. The van der Waals surface area contributed by atoms with Crippen molar-refractivity contribution >= 4 is 15.0 Å². The zero-order valence-corrected chi connectivity index (χ0v) is 8.91. The average Bonchev–Trinajstić information content (AvgIpc) is 2.21. The molecule has 0 saturated carbocycles. The van der Waals surface area contributed by atoms with Crippen molar-refractivity contribution in [1.82, 2.24) is 0 Å². The Hall–Kier alpha value is -0.843. The molecule has 0 aromatic heterocycles. The van der Waals surface area contributed by atoms with Gasteiger partial charge >= 0.3 is 9.28 Å². The number of rotatable bonds is 5. The Balaban J connectivity index is 2.34. The van der Waals surface area contributed by atoms with Gasteiger partial charge in [0.15, 0.2) is 0 Å². The standard InChI is InChI=1S/C9H14NO2Si/c1-11-13(12-2)8-10-9-6-4-3-5-7-9/h3-7,10H,8H2,1-2H3. The number of benzene rings is 1. The van der Waals surface area contributed by atoms with E-state index in [1.807, 2.05) is 30.3 Å². The van der Waals surface area contributed by atoms with Crippen LogP contribution in [0, 0.1) is 0 Å². The summed E-state index contributed by atoms with van der Waals surface area (Å²) in [5.41, 5.74) is 1.10. The third-order valence-electron chi connectivity index (χ3n) is 1.67. The predicted molar refractivity (Wildman–Crippen MR) is 54.7 cm³/mol. The highest BCUT2D eigenvalue weighted by molar-refractivity contribution is 6.45. The smallest absolute Gasteiger partial charge is 0.396 e. The van der Waals surface area contributed by atoms with E-state index in [9.17, 15) is 0 Å². The normalized spacial score (nSPS) is 10.4. The molecular weight excluding hydrogens is 182 g/mol. The van der Waals surface area contributed by atoms with E-state index in [2.05, 4.69) is 5.32 Å². The van der Waals surface area contributed by atoms with Crippen molar-refractivity contribution < 1.29 is 8.85 Å². The molecular formula is C9H14NO2Si. The van der Waals surface area contributed by atoms with Crippen LogP contribution in [0.1, 0.15) is 0 Å². The Kier molecular flexibility index (Phi) is 4.52. The van der Waals surface area contributed by atoms with Crippen molar-refractivity contribution in [3.8, 4) is 0 Å². The fourth-order valence-corrected chi connectivity index (χ4v) is 1.76. The molecule has 3 nitrogen and oxygen atoms in total. The molecule has 0 aliphatic rings. The van der Waals surface area contributed by atoms with Crippen LogP contribution < -0.4 is 5.32 Å². The third kappa shape index (κ3) is 3.58. The van der Waals surface area contributed by atoms with Crippen molar-refractivity contribution in [2.24, 2.45) is 0 Å². The number of hydrogen-bond acceptors (Lipinski definition) is 3. The maximum atomic E-state index is 5.14. The Morgan fingerprint density at radius 1 is 1.15 bits per heavy atom. The van der Waals surface area contributed by atoms with Crippen LogP contribution in [-0.2, 0) is 8.85 Å². The van der Waals surface area contributed by atoms with E-state index in [1.165, 1.54) is 0 Å². The number of nitrogens with one attached hydrogen (secondary N) is 1. The summed E-state index contributed by atoms with van der Waals surface area (Å²) in [5, 5.41) is 3.24. The first-order chi connectivity index (χ1) is 6.36. The second-order valence-electron chi connectivity index (χ2n) is 2.50. The van der Waals surface area contributed by atoms with Crippen LogP contribution in [0.25, 0.3) is 0 Å². The van der Waals surface area contributed by atoms with Crippen molar-refractivity contribution in [3.05, 3.63) is 30.3 Å². The van der Waals surface area contributed by atoms with Gasteiger partial charge in [-0.05, 0) is 12.1 Å². The first-order valence-electron chi connectivity index (χ1n) is 4.09. The van der Waals surface area contributed by atoms with Gasteiger partial charge in [-0.3, -0.25) is 0 Å². The van der Waals surface area contributed by atoms with Crippen LogP contribution in [0.3, 0.4) is 0 Å². The summed E-state index contributed by atoms with van der Waals surface area (Å²) in [7, 11) is 2.21. The Morgan fingerprint density at radius 2 is 1.77 bits per heavy atom. The molecule has 4 heteroatoms. The maximum Gasteiger partial charge on any atom is 0.405 e. The van der Waals surface area contributed by atoms with Crippen molar-refractivity contribution in [3.63, 3.8) is 0 Å². The molecule has 0 aliphatic heterocycles. The second-order valence-corrected chi connectivity index (χ2v) is 4.41. The molecule has 71 valence electrons. The SMILES string of the molecule is CO[Si](CNc1ccccc1)OC. The van der Waals surface area contributed by atoms with Gasteiger partial charge in [0.25, 0.3) is 0 Å². The highest BCUT2D eigenvalue weighted by Gasteiger charge is 2.10. The van der Waals surface area contributed by atoms with E-state index < -0.39 is 9.28 Å². The molecule has 0 unspecified atom stereocenters. The van der Waals surface area contributed by atoms with Crippen LogP contribution in [0.5, 0.6) is 0 Å². The minimum absolute atomic E-state index is 0.752. The molecule has 0 amide bonds. The first kappa shape index (κ1) is 10.2. The topological polar surface area (TPSA) is 30.5 Å². The van der Waals surface area contributed by atoms with Gasteiger partial charge in [-0.15, -0.1) is 0 Å². The molecule has 0 heterocycles. The lowest BCUT2D eigenvalue weighted by Gasteiger charge is -2.10. The Morgan fingerprint density at radius 3 is 2.31 bits per heavy atom. The molecule has 1 aromatic carbocycles. The molecule has 0 aliphatic carbocycles. The second kappa shape index (κ2) is 5.74. The Labute approximate surface area is 80.5 Å². The Bertz CT molecular complexity index is 226. The number of anilines is 1. The molecule has 1 aromatic rings. The molecule has 0 bridgehead atoms. The van der Waals surface area contributed by atoms with Crippen molar-refractivity contribution in [2.45, 2.75) is 0 Å². The summed E-state index contributed by atoms with van der Waals surface area (Å²) in [6, 6.07) is 10.0. The van der Waals surface area contributed by atoms with E-state index >= 15 is 0 Å². The van der Waals surface area contributed by atoms with Crippen LogP contribution in [0.2, 0.25) is 0 Å². The molecule has 1 rings (SSSR count). The minimum Gasteiger partial charge on any atom is -0.396 e. The highest BCUT2D eigenvalue weighted by Crippen LogP contribution is 2.04. The van der Waals surface area contributed by atoms with Crippen LogP contribution in [0.4, 0.5) is 5.69 Å². The molecule has 0 saturated heterocycles. The molecule has 0 spiro atoms. The fourth-order valence-electron chi connectivity index (χ4n) is 0.958. The molecule has 1 N–H and O–H groups in total. The molecule has 13 heavy (non-hydrogen) atoms. The summed E-state index contributed by atoms with van der Waals surface area (Å²) in [6.07, 6.45) is 0.752. The lowest BCUT2D eigenvalue weighted by Crippen LogP contribution is -2.29. The van der Waals surface area contributed by atoms with Crippen LogP contribution >= 0.6 is 0 Å². The monoisotopic (exact) mass is 196 g/mol. The zero-order valence-electron chi connectivity index (χ0n) is 7.91. The van der Waals surface area contributed by atoms with Gasteiger partial charge in [0.1, 0.15) is 0 Å². The third-order valence-corrected chi connectivity index (χ3v) is 3.04. The summed E-state index contributed by atoms with van der Waals surface area (Å²) in [4.78, 5) is 0. The minimum atomic E-state index is -1.13. The van der Waals surface area contributed by atoms with E-state index in [1.54, 1.807) is 14.2 Å². The van der Waals surface area contributed by atoms with Crippen LogP contribution in [-0.4, -0.2) is 29.7 Å². The van der Waals surface area contributed by atoms with Gasteiger partial charge in [0.05, 0.1) is 6.17 Å². The maximum absolute atomic E-state index is 5.14. The predicted octanol–water partition coefficient (Wildman–Crippen LogP) is 1.42. The molecule has 0 atom stereocenters. The van der Waals surface area contributed by atoms with Gasteiger partial charge < -0.3 is 14.2 Å². The molecule has 0 fully saturated rings. The largest absolute Gasteiger partial charge is 0.405 e. The first-order valence-corrected chi connectivity index (χ1v) is 5.62. The van der Waals surface area contributed by atoms with Gasteiger partial charge in [-0.1, -0.05) is 18.2 Å². The summed E-state index contributed by atoms with van der Waals surface area (Å²) < 4.78 is 10.3. The average molecular weight is 196 g/mol. The van der Waals surface area contributed by atoms with Gasteiger partial charge in [-0.2, -0.15) is 0 Å². The highest BCUT2D eigenvalue weighted by atomic mass is 28.3. The van der Waals surface area contributed by atoms with Gasteiger partial charge in [0.2, 0.25) is 0 Å². The number of para-hydroxylation sites is 1. The lowest BCUT2D eigenvalue weighted by atomic mass is 10.3. The lowest BCUT2D eigenvalue weighted by molar-refractivity contribution is 0.280. The van der Waals surface area contributed by atoms with Gasteiger partial charge in [0, 0.05) is 19.9 Å².